The van der Waals surface area contributed by atoms with E-state index in [1.807, 2.05) is 75.6 Å². The Kier molecular flexibility index (Phi) is 9.03. The lowest BCUT2D eigenvalue weighted by Crippen LogP contribution is -2.30. The third-order valence-electron chi connectivity index (χ3n) is 4.22. The number of hydrogen-bond acceptors (Lipinski definition) is 3. The fourth-order valence-corrected chi connectivity index (χ4v) is 2.64. The molecule has 0 radical (unpaired) electrons. The van der Waals surface area contributed by atoms with Crippen LogP contribution in [-0.2, 0) is 0 Å². The van der Waals surface area contributed by atoms with Gasteiger partial charge in [0.1, 0.15) is 5.84 Å². The number of carbonyl (C=O) groups excluding carboxylic acids is 1. The molecule has 0 aliphatic rings. The molecule has 4 nitrogen and oxygen atoms in total. The summed E-state index contributed by atoms with van der Waals surface area (Å²) in [5.41, 5.74) is 2.33. The number of halogens is 1. The van der Waals surface area contributed by atoms with Crippen molar-refractivity contribution in [2.24, 2.45) is 0 Å². The highest BCUT2D eigenvalue weighted by Crippen LogP contribution is 2.19. The zero-order chi connectivity index (χ0) is 18.2. The van der Waals surface area contributed by atoms with Crippen molar-refractivity contribution in [3.05, 3.63) is 71.3 Å². The first kappa shape index (κ1) is 21.9. The van der Waals surface area contributed by atoms with Crippen LogP contribution < -0.4 is 5.32 Å². The first-order valence-electron chi connectivity index (χ1n) is 8.66. The Morgan fingerprint density at radius 2 is 1.73 bits per heavy atom. The van der Waals surface area contributed by atoms with Gasteiger partial charge in [-0.05, 0) is 38.7 Å². The third-order valence-corrected chi connectivity index (χ3v) is 4.22. The summed E-state index contributed by atoms with van der Waals surface area (Å²) in [5.74, 6) is 0.436. The Bertz CT molecular complexity index is 716. The number of amidine groups is 1. The maximum atomic E-state index is 12.6. The summed E-state index contributed by atoms with van der Waals surface area (Å²) in [7, 11) is 4.09. The van der Waals surface area contributed by atoms with Gasteiger partial charge in [-0.15, -0.1) is 12.4 Å². The molecule has 140 valence electrons. The van der Waals surface area contributed by atoms with E-state index in [0.29, 0.717) is 17.0 Å². The Morgan fingerprint density at radius 1 is 1.08 bits per heavy atom. The van der Waals surface area contributed by atoms with Crippen LogP contribution in [0.5, 0.6) is 0 Å². The average Bonchev–Trinajstić information content (AvgIpc) is 2.64. The van der Waals surface area contributed by atoms with Crippen molar-refractivity contribution >= 4 is 24.0 Å². The van der Waals surface area contributed by atoms with Crippen molar-refractivity contribution in [2.75, 3.05) is 27.2 Å². The van der Waals surface area contributed by atoms with E-state index in [9.17, 15) is 4.79 Å². The first-order chi connectivity index (χ1) is 12.0. The van der Waals surface area contributed by atoms with E-state index in [2.05, 4.69) is 10.2 Å². The zero-order valence-electron chi connectivity index (χ0n) is 15.7. The molecular formula is C21H28ClN3O. The van der Waals surface area contributed by atoms with Gasteiger partial charge < -0.3 is 10.2 Å². The van der Waals surface area contributed by atoms with E-state index in [1.165, 1.54) is 0 Å². The van der Waals surface area contributed by atoms with Crippen molar-refractivity contribution in [3.63, 3.8) is 0 Å². The van der Waals surface area contributed by atoms with E-state index >= 15 is 0 Å². The van der Waals surface area contributed by atoms with Gasteiger partial charge in [-0.25, -0.2) is 0 Å². The minimum Gasteiger partial charge on any atom is -0.373 e. The predicted molar refractivity (Wildman–Crippen MR) is 111 cm³/mol. The number of hydrogen-bond donors (Lipinski definition) is 2. The number of benzene rings is 2. The molecule has 0 aliphatic heterocycles. The summed E-state index contributed by atoms with van der Waals surface area (Å²) >= 11 is 0. The SMILES string of the molecule is CC(C(=N)NCCCN(C)C)c1cccc(C(=O)c2ccccc2)c1.Cl. The fourth-order valence-electron chi connectivity index (χ4n) is 2.64. The molecular weight excluding hydrogens is 346 g/mol. The predicted octanol–water partition coefficient (Wildman–Crippen LogP) is 3.96. The molecule has 0 fully saturated rings. The normalized spacial score (nSPS) is 11.5. The summed E-state index contributed by atoms with van der Waals surface area (Å²) in [6, 6.07) is 16.9. The average molecular weight is 374 g/mol. The van der Waals surface area contributed by atoms with Crippen molar-refractivity contribution in [1.29, 1.82) is 5.41 Å². The molecule has 26 heavy (non-hydrogen) atoms. The molecule has 0 saturated carbocycles. The number of rotatable bonds is 8. The van der Waals surface area contributed by atoms with Gasteiger partial charge in [0.25, 0.3) is 0 Å². The third kappa shape index (κ3) is 6.28. The van der Waals surface area contributed by atoms with Gasteiger partial charge in [-0.3, -0.25) is 10.2 Å². The van der Waals surface area contributed by atoms with Crippen LogP contribution in [0.15, 0.2) is 54.6 Å². The van der Waals surface area contributed by atoms with Crippen LogP contribution in [0.4, 0.5) is 0 Å². The Balaban J connectivity index is 0.00000338. The van der Waals surface area contributed by atoms with E-state index in [4.69, 9.17) is 5.41 Å². The molecule has 5 heteroatoms. The Morgan fingerprint density at radius 3 is 2.38 bits per heavy atom. The Hall–Kier alpha value is -2.17. The summed E-state index contributed by atoms with van der Waals surface area (Å²) in [5, 5.41) is 11.4. The smallest absolute Gasteiger partial charge is 0.193 e. The van der Waals surface area contributed by atoms with Gasteiger partial charge in [0.2, 0.25) is 0 Å². The first-order valence-corrected chi connectivity index (χ1v) is 8.66. The highest BCUT2D eigenvalue weighted by Gasteiger charge is 2.14. The van der Waals surface area contributed by atoms with Crippen LogP contribution in [-0.4, -0.2) is 43.7 Å². The van der Waals surface area contributed by atoms with Crippen LogP contribution in [0.3, 0.4) is 0 Å². The van der Waals surface area contributed by atoms with E-state index < -0.39 is 0 Å². The van der Waals surface area contributed by atoms with Crippen LogP contribution in [0.1, 0.15) is 40.7 Å². The second kappa shape index (κ2) is 10.7. The van der Waals surface area contributed by atoms with Gasteiger partial charge in [-0.1, -0.05) is 55.5 Å². The second-order valence-electron chi connectivity index (χ2n) is 6.54. The standard InChI is InChI=1S/C21H27N3O.ClH/c1-16(21(22)23-13-8-14-24(2)3)18-11-7-12-19(15-18)20(25)17-9-5-4-6-10-17;/h4-7,9-12,15-16H,8,13-14H2,1-3H3,(H2,22,23);1H. The highest BCUT2D eigenvalue weighted by atomic mass is 35.5. The van der Waals surface area contributed by atoms with Gasteiger partial charge in [0.05, 0.1) is 0 Å². The molecule has 1 atom stereocenters. The summed E-state index contributed by atoms with van der Waals surface area (Å²) in [4.78, 5) is 14.7. The van der Waals surface area contributed by atoms with Crippen molar-refractivity contribution in [1.82, 2.24) is 10.2 Å². The lowest BCUT2D eigenvalue weighted by Gasteiger charge is -2.17. The molecule has 2 N–H and O–H groups in total. The summed E-state index contributed by atoms with van der Waals surface area (Å²) < 4.78 is 0. The van der Waals surface area contributed by atoms with E-state index in [1.54, 1.807) is 0 Å². The lowest BCUT2D eigenvalue weighted by atomic mass is 9.95. The molecule has 0 aliphatic carbocycles. The van der Waals surface area contributed by atoms with Crippen molar-refractivity contribution in [2.45, 2.75) is 19.3 Å². The molecule has 0 spiro atoms. The highest BCUT2D eigenvalue weighted by molar-refractivity contribution is 6.09. The molecule has 0 amide bonds. The molecule has 0 bridgehead atoms. The lowest BCUT2D eigenvalue weighted by molar-refractivity contribution is 0.103. The van der Waals surface area contributed by atoms with Crippen molar-refractivity contribution < 1.29 is 4.79 Å². The topological polar surface area (TPSA) is 56.2 Å². The summed E-state index contributed by atoms with van der Waals surface area (Å²) in [6.07, 6.45) is 0.995. The second-order valence-corrected chi connectivity index (χ2v) is 6.54. The van der Waals surface area contributed by atoms with Crippen LogP contribution in [0, 0.1) is 5.41 Å². The zero-order valence-corrected chi connectivity index (χ0v) is 16.5. The molecule has 2 rings (SSSR count). The number of carbonyl (C=O) groups is 1. The van der Waals surface area contributed by atoms with Gasteiger partial charge >= 0.3 is 0 Å². The monoisotopic (exact) mass is 373 g/mol. The maximum Gasteiger partial charge on any atom is 0.193 e. The fraction of sp³-hybridized carbons (Fsp3) is 0.333. The number of nitrogens with one attached hydrogen (secondary N) is 2. The number of ketones is 1. The minimum atomic E-state index is -0.0668. The molecule has 1 unspecified atom stereocenters. The van der Waals surface area contributed by atoms with E-state index in [-0.39, 0.29) is 24.1 Å². The van der Waals surface area contributed by atoms with Crippen LogP contribution in [0.2, 0.25) is 0 Å². The molecule has 2 aromatic carbocycles. The number of nitrogens with zero attached hydrogens (tertiary/aromatic N) is 1. The summed E-state index contributed by atoms with van der Waals surface area (Å²) in [6.45, 7) is 3.77. The minimum absolute atomic E-state index is 0. The quantitative estimate of drug-likeness (QED) is 0.318. The largest absolute Gasteiger partial charge is 0.373 e. The molecule has 0 saturated heterocycles. The Labute approximate surface area is 162 Å². The maximum absolute atomic E-state index is 12.6. The van der Waals surface area contributed by atoms with Gasteiger partial charge in [-0.2, -0.15) is 0 Å². The van der Waals surface area contributed by atoms with Gasteiger partial charge in [0.15, 0.2) is 5.78 Å². The van der Waals surface area contributed by atoms with Crippen LogP contribution >= 0.6 is 12.4 Å². The van der Waals surface area contributed by atoms with Crippen molar-refractivity contribution in [3.8, 4) is 0 Å². The van der Waals surface area contributed by atoms with E-state index in [0.717, 1.165) is 25.1 Å². The molecule has 0 aromatic heterocycles. The molecule has 2 aromatic rings. The molecule has 0 heterocycles. The van der Waals surface area contributed by atoms with Gasteiger partial charge in [0, 0.05) is 23.6 Å². The van der Waals surface area contributed by atoms with Crippen LogP contribution in [0.25, 0.3) is 0 Å².